The maximum absolute atomic E-state index is 13.2. The minimum Gasteiger partial charge on any atom is -0.483 e. The molecule has 150 valence electrons. The average molecular weight is 387 g/mol. The largest absolute Gasteiger partial charge is 0.483 e. The zero-order valence-corrected chi connectivity index (χ0v) is 16.7. The minimum absolute atomic E-state index is 0.152. The van der Waals surface area contributed by atoms with Gasteiger partial charge < -0.3 is 14.4 Å². The van der Waals surface area contributed by atoms with E-state index < -0.39 is 11.9 Å². The summed E-state index contributed by atoms with van der Waals surface area (Å²) < 4.78 is 23.7. The van der Waals surface area contributed by atoms with Crippen molar-refractivity contribution in [1.82, 2.24) is 4.90 Å². The van der Waals surface area contributed by atoms with Gasteiger partial charge in [-0.05, 0) is 42.7 Å². The van der Waals surface area contributed by atoms with Gasteiger partial charge in [0.2, 0.25) is 0 Å². The van der Waals surface area contributed by atoms with Crippen LogP contribution in [-0.4, -0.2) is 37.0 Å². The normalized spacial score (nSPS) is 11.6. The summed E-state index contributed by atoms with van der Waals surface area (Å²) in [6.07, 6.45) is 0. The number of halogens is 1. The van der Waals surface area contributed by atoms with Crippen LogP contribution in [0.4, 0.5) is 4.39 Å². The van der Waals surface area contributed by atoms with Gasteiger partial charge in [-0.15, -0.1) is 0 Å². The molecule has 0 heterocycles. The summed E-state index contributed by atoms with van der Waals surface area (Å²) in [5, 5.41) is 0. The van der Waals surface area contributed by atoms with E-state index in [0.29, 0.717) is 5.75 Å². The van der Waals surface area contributed by atoms with Crippen LogP contribution in [0.15, 0.2) is 42.5 Å². The molecule has 2 rings (SSSR count). The first-order chi connectivity index (χ1) is 13.3. The number of methoxy groups -OCH3 is 1. The minimum atomic E-state index is -0.491. The number of hydrogen-bond acceptors (Lipinski definition) is 4. The molecule has 0 saturated carbocycles. The van der Waals surface area contributed by atoms with Crippen molar-refractivity contribution < 1.29 is 23.5 Å². The molecule has 0 N–H and O–H groups in total. The van der Waals surface area contributed by atoms with Crippen molar-refractivity contribution in [3.05, 3.63) is 65.0 Å². The quantitative estimate of drug-likeness (QED) is 0.649. The number of esters is 1. The molecule has 2 aromatic carbocycles. The number of nitrogens with zero attached hydrogens (tertiary/aromatic N) is 1. The first-order valence-corrected chi connectivity index (χ1v) is 9.11. The number of aryl methyl sites for hydroxylation is 2. The van der Waals surface area contributed by atoms with Gasteiger partial charge in [-0.1, -0.05) is 37.3 Å². The van der Waals surface area contributed by atoms with E-state index >= 15 is 0 Å². The Morgan fingerprint density at radius 1 is 1.07 bits per heavy atom. The number of amides is 1. The first kappa shape index (κ1) is 21.4. The van der Waals surface area contributed by atoms with E-state index in [2.05, 4.69) is 0 Å². The molecular weight excluding hydrogens is 361 g/mol. The number of ether oxygens (including phenoxy) is 2. The Kier molecular flexibility index (Phi) is 7.55. The van der Waals surface area contributed by atoms with Crippen LogP contribution in [-0.2, 0) is 20.9 Å². The smallest absolute Gasteiger partial charge is 0.310 e. The molecule has 0 radical (unpaired) electrons. The summed E-state index contributed by atoms with van der Waals surface area (Å²) in [6, 6.07) is 11.7. The van der Waals surface area contributed by atoms with E-state index in [-0.39, 0.29) is 31.4 Å². The van der Waals surface area contributed by atoms with Crippen molar-refractivity contribution in [2.24, 2.45) is 5.92 Å². The number of carbonyl (C=O) groups excluding carboxylic acids is 2. The number of benzene rings is 2. The monoisotopic (exact) mass is 387 g/mol. The highest BCUT2D eigenvalue weighted by molar-refractivity contribution is 5.79. The van der Waals surface area contributed by atoms with Gasteiger partial charge in [0, 0.05) is 13.1 Å². The molecule has 1 atom stereocenters. The molecule has 0 aliphatic carbocycles. The average Bonchev–Trinajstić information content (AvgIpc) is 2.67. The highest BCUT2D eigenvalue weighted by Gasteiger charge is 2.22. The molecular formula is C22H26FNO4. The second-order valence-corrected chi connectivity index (χ2v) is 6.83. The fourth-order valence-electron chi connectivity index (χ4n) is 2.92. The third-order valence-corrected chi connectivity index (χ3v) is 4.49. The van der Waals surface area contributed by atoms with Gasteiger partial charge in [-0.25, -0.2) is 4.39 Å². The maximum atomic E-state index is 13.2. The van der Waals surface area contributed by atoms with Gasteiger partial charge >= 0.3 is 5.97 Å². The van der Waals surface area contributed by atoms with Gasteiger partial charge in [0.1, 0.15) is 11.6 Å². The van der Waals surface area contributed by atoms with Crippen molar-refractivity contribution in [1.29, 1.82) is 0 Å². The Labute approximate surface area is 165 Å². The molecule has 0 fully saturated rings. The lowest BCUT2D eigenvalue weighted by Crippen LogP contribution is -2.39. The molecule has 0 aliphatic heterocycles. The lowest BCUT2D eigenvalue weighted by Gasteiger charge is -2.25. The predicted octanol–water partition coefficient (Wildman–Crippen LogP) is 3.66. The standard InChI is InChI=1S/C22H26FNO4/c1-15-6-5-7-16(2)21(15)28-14-20(25)24(12-17(3)22(26)27-4)13-18-8-10-19(23)11-9-18/h5-11,17H,12-14H2,1-4H3. The third kappa shape index (κ3) is 5.81. The Hall–Kier alpha value is -2.89. The zero-order chi connectivity index (χ0) is 20.7. The molecule has 1 unspecified atom stereocenters. The summed E-state index contributed by atoms with van der Waals surface area (Å²) in [5.41, 5.74) is 2.65. The highest BCUT2D eigenvalue weighted by atomic mass is 19.1. The van der Waals surface area contributed by atoms with Crippen LogP contribution < -0.4 is 4.74 Å². The molecule has 28 heavy (non-hydrogen) atoms. The van der Waals surface area contributed by atoms with E-state index in [1.54, 1.807) is 19.1 Å². The van der Waals surface area contributed by atoms with Crippen LogP contribution in [0.1, 0.15) is 23.6 Å². The highest BCUT2D eigenvalue weighted by Crippen LogP contribution is 2.22. The molecule has 0 saturated heterocycles. The molecule has 0 aromatic heterocycles. The molecule has 0 bridgehead atoms. The lowest BCUT2D eigenvalue weighted by atomic mass is 10.1. The Balaban J connectivity index is 2.13. The van der Waals surface area contributed by atoms with E-state index in [9.17, 15) is 14.0 Å². The molecule has 1 amide bonds. The summed E-state index contributed by atoms with van der Waals surface area (Å²) in [7, 11) is 1.31. The molecule has 2 aromatic rings. The fourth-order valence-corrected chi connectivity index (χ4v) is 2.92. The van der Waals surface area contributed by atoms with Crippen molar-refractivity contribution >= 4 is 11.9 Å². The van der Waals surface area contributed by atoms with Gasteiger partial charge in [0.15, 0.2) is 6.61 Å². The second-order valence-electron chi connectivity index (χ2n) is 6.83. The lowest BCUT2D eigenvalue weighted by molar-refractivity contribution is -0.147. The third-order valence-electron chi connectivity index (χ3n) is 4.49. The van der Waals surface area contributed by atoms with E-state index in [4.69, 9.17) is 9.47 Å². The van der Waals surface area contributed by atoms with Gasteiger partial charge in [-0.2, -0.15) is 0 Å². The summed E-state index contributed by atoms with van der Waals surface area (Å²) in [4.78, 5) is 26.2. The maximum Gasteiger partial charge on any atom is 0.310 e. The van der Waals surface area contributed by atoms with Crippen molar-refractivity contribution in [3.8, 4) is 5.75 Å². The van der Waals surface area contributed by atoms with Gasteiger partial charge in [0.05, 0.1) is 13.0 Å². The van der Waals surface area contributed by atoms with Crippen LogP contribution in [0, 0.1) is 25.6 Å². The van der Waals surface area contributed by atoms with Crippen LogP contribution in [0.2, 0.25) is 0 Å². The number of para-hydroxylation sites is 1. The van der Waals surface area contributed by atoms with Crippen molar-refractivity contribution in [2.75, 3.05) is 20.3 Å². The summed E-state index contributed by atoms with van der Waals surface area (Å²) >= 11 is 0. The van der Waals surface area contributed by atoms with Crippen LogP contribution >= 0.6 is 0 Å². The summed E-state index contributed by atoms with van der Waals surface area (Å²) in [6.45, 7) is 5.81. The number of rotatable bonds is 8. The molecule has 0 spiro atoms. The SMILES string of the molecule is COC(=O)C(C)CN(Cc1ccc(F)cc1)C(=O)COc1c(C)cccc1C. The number of carbonyl (C=O) groups is 2. The predicted molar refractivity (Wildman–Crippen MR) is 104 cm³/mol. The topological polar surface area (TPSA) is 55.8 Å². The van der Waals surface area contributed by atoms with Crippen LogP contribution in [0.5, 0.6) is 5.75 Å². The fraction of sp³-hybridized carbons (Fsp3) is 0.364. The van der Waals surface area contributed by atoms with E-state index in [1.165, 1.54) is 24.1 Å². The second kappa shape index (κ2) is 9.88. The van der Waals surface area contributed by atoms with Crippen molar-refractivity contribution in [2.45, 2.75) is 27.3 Å². The van der Waals surface area contributed by atoms with Gasteiger partial charge in [-0.3, -0.25) is 9.59 Å². The van der Waals surface area contributed by atoms with Crippen LogP contribution in [0.3, 0.4) is 0 Å². The van der Waals surface area contributed by atoms with Crippen LogP contribution in [0.25, 0.3) is 0 Å². The number of hydrogen-bond donors (Lipinski definition) is 0. The van der Waals surface area contributed by atoms with E-state index in [0.717, 1.165) is 16.7 Å². The summed E-state index contributed by atoms with van der Waals surface area (Å²) in [5.74, 6) is -0.814. The zero-order valence-electron chi connectivity index (χ0n) is 16.7. The first-order valence-electron chi connectivity index (χ1n) is 9.11. The Morgan fingerprint density at radius 3 is 2.25 bits per heavy atom. The molecule has 0 aliphatic rings. The molecule has 5 nitrogen and oxygen atoms in total. The van der Waals surface area contributed by atoms with Crippen molar-refractivity contribution in [3.63, 3.8) is 0 Å². The van der Waals surface area contributed by atoms with Gasteiger partial charge in [0.25, 0.3) is 5.91 Å². The van der Waals surface area contributed by atoms with E-state index in [1.807, 2.05) is 32.0 Å². The molecule has 6 heteroatoms. The Morgan fingerprint density at radius 2 is 1.68 bits per heavy atom. The Bertz CT molecular complexity index is 800.